The van der Waals surface area contributed by atoms with Crippen LogP contribution in [0, 0.1) is 11.3 Å². The number of hydrogen-bond donors (Lipinski definition) is 3. The van der Waals surface area contributed by atoms with Gasteiger partial charge in [-0.1, -0.05) is 12.1 Å². The third-order valence-corrected chi connectivity index (χ3v) is 7.98. The number of H-pyrrole nitrogens is 1. The lowest BCUT2D eigenvalue weighted by molar-refractivity contribution is 0.211. The molecule has 0 atom stereocenters. The number of nitriles is 1. The highest BCUT2D eigenvalue weighted by Crippen LogP contribution is 2.32. The van der Waals surface area contributed by atoms with E-state index in [1.54, 1.807) is 18.5 Å². The molecule has 12 nitrogen and oxygen atoms in total. The van der Waals surface area contributed by atoms with Crippen LogP contribution in [0.5, 0.6) is 0 Å². The van der Waals surface area contributed by atoms with Gasteiger partial charge in [0.1, 0.15) is 35.2 Å². The Kier molecular flexibility index (Phi) is 7.42. The summed E-state index contributed by atoms with van der Waals surface area (Å²) >= 11 is 0. The van der Waals surface area contributed by atoms with Crippen molar-refractivity contribution in [3.63, 3.8) is 0 Å². The molecule has 45 heavy (non-hydrogen) atoms. The van der Waals surface area contributed by atoms with E-state index in [9.17, 15) is 4.79 Å². The first-order valence-corrected chi connectivity index (χ1v) is 14.6. The van der Waals surface area contributed by atoms with Crippen molar-refractivity contribution in [3.8, 4) is 34.4 Å². The van der Waals surface area contributed by atoms with Gasteiger partial charge in [-0.05, 0) is 60.9 Å². The topological polar surface area (TPSA) is 167 Å². The molecule has 1 aliphatic rings. The summed E-state index contributed by atoms with van der Waals surface area (Å²) in [6.45, 7) is 2.72. The van der Waals surface area contributed by atoms with Crippen molar-refractivity contribution in [2.75, 3.05) is 24.1 Å². The van der Waals surface area contributed by atoms with Crippen molar-refractivity contribution < 1.29 is 0 Å². The standard InChI is InChI=1S/C33H29N11O/c34-18-24-17-29(39-20-38-24)40-23-10-14-43(15-11-23)19-21-3-5-25(6-4-21)44-32(26-2-1-12-37-31(26)35)42-28-8-7-27(41-33(28)44)22-9-13-36-30(45)16-22/h1-9,12-13,16-17,20,23H,10-11,14-15,19H2,(H2,35,37)(H,36,45)(H,38,39,40). The van der Waals surface area contributed by atoms with Crippen LogP contribution in [0.15, 0.2) is 90.2 Å². The van der Waals surface area contributed by atoms with Crippen LogP contribution in [0.25, 0.3) is 39.5 Å². The molecule has 0 unspecified atom stereocenters. The number of nitrogens with two attached hydrogens (primary N) is 1. The van der Waals surface area contributed by atoms with E-state index in [0.29, 0.717) is 57.2 Å². The van der Waals surface area contributed by atoms with Gasteiger partial charge >= 0.3 is 0 Å². The van der Waals surface area contributed by atoms with Gasteiger partial charge in [-0.15, -0.1) is 0 Å². The molecule has 0 saturated carbocycles. The highest BCUT2D eigenvalue weighted by atomic mass is 16.1. The molecule has 0 bridgehead atoms. The molecule has 12 heteroatoms. The Labute approximate surface area is 258 Å². The van der Waals surface area contributed by atoms with Crippen LogP contribution < -0.4 is 16.6 Å². The number of likely N-dealkylation sites (tertiary alicyclic amines) is 1. The number of anilines is 2. The molecule has 5 aromatic heterocycles. The second-order valence-electron chi connectivity index (χ2n) is 10.9. The number of aromatic nitrogens is 7. The second-order valence-corrected chi connectivity index (χ2v) is 10.9. The van der Waals surface area contributed by atoms with Crippen molar-refractivity contribution in [1.29, 1.82) is 5.26 Å². The zero-order valence-corrected chi connectivity index (χ0v) is 24.3. The first-order valence-electron chi connectivity index (χ1n) is 14.6. The van der Waals surface area contributed by atoms with E-state index in [2.05, 4.69) is 60.5 Å². The number of piperidine rings is 1. The molecule has 6 heterocycles. The van der Waals surface area contributed by atoms with Gasteiger partial charge < -0.3 is 16.0 Å². The lowest BCUT2D eigenvalue weighted by Crippen LogP contribution is -2.38. The van der Waals surface area contributed by atoms with Crippen molar-refractivity contribution in [3.05, 3.63) is 107 Å². The summed E-state index contributed by atoms with van der Waals surface area (Å²) in [5.41, 5.74) is 12.0. The van der Waals surface area contributed by atoms with E-state index in [-0.39, 0.29) is 5.56 Å². The molecular formula is C33H29N11O. The van der Waals surface area contributed by atoms with Gasteiger partial charge in [-0.3, -0.25) is 14.3 Å². The molecule has 1 aromatic carbocycles. The number of nitrogens with one attached hydrogen (secondary N) is 2. The van der Waals surface area contributed by atoms with E-state index in [0.717, 1.165) is 38.2 Å². The number of pyridine rings is 3. The molecule has 0 aliphatic carbocycles. The predicted octanol–water partition coefficient (Wildman–Crippen LogP) is 4.16. The maximum atomic E-state index is 12.0. The van der Waals surface area contributed by atoms with Crippen LogP contribution in [0.4, 0.5) is 11.6 Å². The SMILES string of the molecule is N#Cc1cc(NC2CCN(Cc3ccc(-n4c(-c5cccnc5N)nc5ccc(-c6cc[nH]c(=O)c6)nc54)cc3)CC2)ncn1. The normalized spacial score (nSPS) is 13.9. The van der Waals surface area contributed by atoms with Gasteiger partial charge in [0.25, 0.3) is 0 Å². The van der Waals surface area contributed by atoms with E-state index >= 15 is 0 Å². The van der Waals surface area contributed by atoms with Crippen molar-refractivity contribution >= 4 is 22.8 Å². The predicted molar refractivity (Wildman–Crippen MR) is 171 cm³/mol. The van der Waals surface area contributed by atoms with Gasteiger partial charge in [-0.2, -0.15) is 5.26 Å². The summed E-state index contributed by atoms with van der Waals surface area (Å²) in [5.74, 6) is 1.71. The fourth-order valence-corrected chi connectivity index (χ4v) is 5.70. The summed E-state index contributed by atoms with van der Waals surface area (Å²) < 4.78 is 1.99. The van der Waals surface area contributed by atoms with Crippen LogP contribution in [0.2, 0.25) is 0 Å². The van der Waals surface area contributed by atoms with Crippen LogP contribution in [-0.2, 0) is 6.54 Å². The number of hydrogen-bond acceptors (Lipinski definition) is 10. The minimum atomic E-state index is -0.192. The lowest BCUT2D eigenvalue weighted by Gasteiger charge is -2.32. The van der Waals surface area contributed by atoms with Crippen LogP contribution in [-0.4, -0.2) is 58.5 Å². The Balaban J connectivity index is 1.14. The third kappa shape index (κ3) is 5.84. The summed E-state index contributed by atoms with van der Waals surface area (Å²) in [5, 5.41) is 12.5. The number of fused-ring (bicyclic) bond motifs is 1. The fraction of sp³-hybridized carbons (Fsp3) is 0.182. The fourth-order valence-electron chi connectivity index (χ4n) is 5.70. The Morgan fingerprint density at radius 2 is 1.84 bits per heavy atom. The Hall–Kier alpha value is -5.93. The minimum Gasteiger partial charge on any atom is -0.383 e. The molecule has 1 saturated heterocycles. The molecule has 0 spiro atoms. The molecule has 0 radical (unpaired) electrons. The molecule has 1 aliphatic heterocycles. The van der Waals surface area contributed by atoms with Gasteiger partial charge in [-0.25, -0.2) is 24.9 Å². The summed E-state index contributed by atoms with van der Waals surface area (Å²) in [7, 11) is 0. The maximum Gasteiger partial charge on any atom is 0.248 e. The average molecular weight is 596 g/mol. The number of nitrogen functional groups attached to an aromatic ring is 1. The van der Waals surface area contributed by atoms with Gasteiger partial charge in [0, 0.05) is 61.5 Å². The summed E-state index contributed by atoms with van der Waals surface area (Å²) in [6, 6.07) is 23.3. The Morgan fingerprint density at radius 3 is 2.62 bits per heavy atom. The zero-order valence-electron chi connectivity index (χ0n) is 24.3. The Morgan fingerprint density at radius 1 is 1.00 bits per heavy atom. The largest absolute Gasteiger partial charge is 0.383 e. The van der Waals surface area contributed by atoms with Crippen LogP contribution in [0.1, 0.15) is 24.1 Å². The third-order valence-electron chi connectivity index (χ3n) is 7.98. The minimum absolute atomic E-state index is 0.192. The monoisotopic (exact) mass is 595 g/mol. The van der Waals surface area contributed by atoms with E-state index in [4.69, 9.17) is 21.0 Å². The van der Waals surface area contributed by atoms with Crippen molar-refractivity contribution in [2.24, 2.45) is 0 Å². The van der Waals surface area contributed by atoms with Gasteiger partial charge in [0.2, 0.25) is 5.56 Å². The summed E-state index contributed by atoms with van der Waals surface area (Å²) in [6.07, 6.45) is 6.64. The summed E-state index contributed by atoms with van der Waals surface area (Å²) in [4.78, 5) is 39.4. The van der Waals surface area contributed by atoms with Crippen LogP contribution >= 0.6 is 0 Å². The number of imidazole rings is 1. The highest BCUT2D eigenvalue weighted by Gasteiger charge is 2.21. The molecule has 222 valence electrons. The molecule has 4 N–H and O–H groups in total. The lowest BCUT2D eigenvalue weighted by atomic mass is 10.0. The first-order chi connectivity index (χ1) is 22.0. The van der Waals surface area contributed by atoms with Crippen molar-refractivity contribution in [2.45, 2.75) is 25.4 Å². The molecule has 1 fully saturated rings. The zero-order chi connectivity index (χ0) is 30.8. The van der Waals surface area contributed by atoms with E-state index in [1.165, 1.54) is 18.0 Å². The average Bonchev–Trinajstić information content (AvgIpc) is 3.45. The van der Waals surface area contributed by atoms with E-state index in [1.807, 2.05) is 34.9 Å². The van der Waals surface area contributed by atoms with Gasteiger partial charge in [0.15, 0.2) is 11.5 Å². The number of nitrogens with zero attached hydrogens (tertiary/aromatic N) is 8. The number of rotatable bonds is 7. The van der Waals surface area contributed by atoms with Gasteiger partial charge in [0.05, 0.1) is 11.3 Å². The quantitative estimate of drug-likeness (QED) is 0.244. The number of benzene rings is 1. The van der Waals surface area contributed by atoms with E-state index < -0.39 is 0 Å². The number of aromatic amines is 1. The van der Waals surface area contributed by atoms with Crippen molar-refractivity contribution in [1.82, 2.24) is 39.4 Å². The second kappa shape index (κ2) is 12.0. The molecule has 7 rings (SSSR count). The molecular weight excluding hydrogens is 566 g/mol. The smallest absolute Gasteiger partial charge is 0.248 e. The molecule has 6 aromatic rings. The molecule has 0 amide bonds. The first kappa shape index (κ1) is 27.9. The van der Waals surface area contributed by atoms with Crippen LogP contribution in [0.3, 0.4) is 0 Å². The maximum absolute atomic E-state index is 12.0. The Bertz CT molecular complexity index is 2090. The highest BCUT2D eigenvalue weighted by molar-refractivity contribution is 5.84.